The second-order valence-corrected chi connectivity index (χ2v) is 7.28. The highest BCUT2D eigenvalue weighted by molar-refractivity contribution is 5.82. The molecule has 0 saturated carbocycles. The van der Waals surface area contributed by atoms with Crippen LogP contribution in [0.1, 0.15) is 19.4 Å². The number of anilines is 1. The Bertz CT molecular complexity index is 566. The van der Waals surface area contributed by atoms with Crippen LogP contribution in [-0.2, 0) is 11.3 Å². The fourth-order valence-electron chi connectivity index (χ4n) is 3.66. The molecule has 6 heteroatoms. The monoisotopic (exact) mass is 345 g/mol. The molecule has 1 aromatic carbocycles. The number of carbonyl (C=O) groups excluding carboxylic acids is 1. The molecular weight excluding hydrogens is 314 g/mol. The first-order valence-corrected chi connectivity index (χ1v) is 9.38. The number of nitrogens with zero attached hydrogens (tertiary/aromatic N) is 3. The fraction of sp³-hybridized carbons (Fsp3) is 0.632. The van der Waals surface area contributed by atoms with E-state index in [2.05, 4.69) is 53.2 Å². The molecule has 3 rings (SSSR count). The number of piperazine rings is 2. The van der Waals surface area contributed by atoms with Crippen molar-refractivity contribution in [2.45, 2.75) is 32.5 Å². The molecule has 0 radical (unpaired) electrons. The van der Waals surface area contributed by atoms with Gasteiger partial charge >= 0.3 is 0 Å². The minimum absolute atomic E-state index is 0.0634. The summed E-state index contributed by atoms with van der Waals surface area (Å²) in [5.41, 5.74) is 8.02. The summed E-state index contributed by atoms with van der Waals surface area (Å²) in [6.07, 6.45) is 0. The van der Waals surface area contributed by atoms with Gasteiger partial charge in [-0.3, -0.25) is 9.69 Å². The molecule has 1 atom stereocenters. The van der Waals surface area contributed by atoms with Crippen molar-refractivity contribution in [3.05, 3.63) is 29.8 Å². The van der Waals surface area contributed by atoms with E-state index in [1.807, 2.05) is 4.90 Å². The maximum absolute atomic E-state index is 12.9. The van der Waals surface area contributed by atoms with Crippen LogP contribution in [0.5, 0.6) is 0 Å². The van der Waals surface area contributed by atoms with Gasteiger partial charge in [-0.15, -0.1) is 0 Å². The van der Waals surface area contributed by atoms with E-state index in [9.17, 15) is 4.79 Å². The molecule has 2 saturated heterocycles. The second-order valence-electron chi connectivity index (χ2n) is 7.28. The number of nitrogens with two attached hydrogens (primary N) is 1. The molecule has 2 aliphatic rings. The van der Waals surface area contributed by atoms with Crippen LogP contribution >= 0.6 is 0 Å². The maximum Gasteiger partial charge on any atom is 0.241 e. The molecule has 2 fully saturated rings. The summed E-state index contributed by atoms with van der Waals surface area (Å²) in [4.78, 5) is 19.6. The Kier molecular flexibility index (Phi) is 5.93. The average Bonchev–Trinajstić information content (AvgIpc) is 2.67. The highest BCUT2D eigenvalue weighted by Crippen LogP contribution is 2.18. The minimum atomic E-state index is -0.0634. The normalized spacial score (nSPS) is 22.5. The van der Waals surface area contributed by atoms with Gasteiger partial charge in [-0.05, 0) is 31.5 Å². The van der Waals surface area contributed by atoms with Gasteiger partial charge in [-0.1, -0.05) is 12.1 Å². The average molecular weight is 345 g/mol. The van der Waals surface area contributed by atoms with Crippen molar-refractivity contribution < 1.29 is 4.79 Å². The molecule has 138 valence electrons. The number of carbonyl (C=O) groups is 1. The predicted molar refractivity (Wildman–Crippen MR) is 102 cm³/mol. The second kappa shape index (κ2) is 8.17. The molecule has 0 spiro atoms. The van der Waals surface area contributed by atoms with Crippen molar-refractivity contribution in [2.75, 3.05) is 50.7 Å². The van der Waals surface area contributed by atoms with Crippen LogP contribution in [0, 0.1) is 0 Å². The summed E-state index contributed by atoms with van der Waals surface area (Å²) in [6.45, 7) is 11.0. The SMILES string of the molecule is CC(C)N1CCNC(C(=O)N2CCN(c3ccc(CN)cc3)CC2)C1. The Labute approximate surface area is 150 Å². The number of rotatable bonds is 4. The van der Waals surface area contributed by atoms with E-state index in [0.717, 1.165) is 51.4 Å². The van der Waals surface area contributed by atoms with Gasteiger partial charge in [0.1, 0.15) is 0 Å². The largest absolute Gasteiger partial charge is 0.368 e. The minimum Gasteiger partial charge on any atom is -0.368 e. The van der Waals surface area contributed by atoms with Crippen LogP contribution in [0.2, 0.25) is 0 Å². The third kappa shape index (κ3) is 4.32. The van der Waals surface area contributed by atoms with Gasteiger partial charge in [0, 0.05) is 64.1 Å². The Morgan fingerprint density at radius 3 is 2.44 bits per heavy atom. The molecular formula is C19H31N5O. The van der Waals surface area contributed by atoms with Gasteiger partial charge in [-0.2, -0.15) is 0 Å². The van der Waals surface area contributed by atoms with Gasteiger partial charge < -0.3 is 20.9 Å². The third-order valence-corrected chi connectivity index (χ3v) is 5.36. The molecule has 6 nitrogen and oxygen atoms in total. The van der Waals surface area contributed by atoms with Crippen molar-refractivity contribution in [1.29, 1.82) is 0 Å². The molecule has 2 heterocycles. The van der Waals surface area contributed by atoms with E-state index >= 15 is 0 Å². The lowest BCUT2D eigenvalue weighted by atomic mass is 10.1. The molecule has 0 bridgehead atoms. The zero-order chi connectivity index (χ0) is 17.8. The van der Waals surface area contributed by atoms with Crippen LogP contribution < -0.4 is 16.0 Å². The van der Waals surface area contributed by atoms with Crippen LogP contribution in [0.3, 0.4) is 0 Å². The summed E-state index contributed by atoms with van der Waals surface area (Å²) < 4.78 is 0. The quantitative estimate of drug-likeness (QED) is 0.831. The zero-order valence-electron chi connectivity index (χ0n) is 15.4. The van der Waals surface area contributed by atoms with E-state index < -0.39 is 0 Å². The summed E-state index contributed by atoms with van der Waals surface area (Å²) in [6, 6.07) is 8.85. The van der Waals surface area contributed by atoms with Gasteiger partial charge in [0.15, 0.2) is 0 Å². The van der Waals surface area contributed by atoms with Gasteiger partial charge in [-0.25, -0.2) is 0 Å². The Balaban J connectivity index is 1.53. The van der Waals surface area contributed by atoms with E-state index in [-0.39, 0.29) is 11.9 Å². The van der Waals surface area contributed by atoms with Crippen molar-refractivity contribution in [3.8, 4) is 0 Å². The zero-order valence-corrected chi connectivity index (χ0v) is 15.4. The maximum atomic E-state index is 12.9. The smallest absolute Gasteiger partial charge is 0.241 e. The molecule has 3 N–H and O–H groups in total. The molecule has 1 aromatic rings. The third-order valence-electron chi connectivity index (χ3n) is 5.36. The Morgan fingerprint density at radius 2 is 1.84 bits per heavy atom. The fourth-order valence-corrected chi connectivity index (χ4v) is 3.66. The number of hydrogen-bond acceptors (Lipinski definition) is 5. The highest BCUT2D eigenvalue weighted by atomic mass is 16.2. The van der Waals surface area contributed by atoms with Crippen LogP contribution in [-0.4, -0.2) is 73.6 Å². The molecule has 25 heavy (non-hydrogen) atoms. The van der Waals surface area contributed by atoms with Crippen molar-refractivity contribution in [2.24, 2.45) is 5.73 Å². The summed E-state index contributed by atoms with van der Waals surface area (Å²) >= 11 is 0. The number of nitrogens with one attached hydrogen (secondary N) is 1. The summed E-state index contributed by atoms with van der Waals surface area (Å²) in [5.74, 6) is 0.253. The molecule has 0 aliphatic carbocycles. The van der Waals surface area contributed by atoms with Gasteiger partial charge in [0.2, 0.25) is 5.91 Å². The van der Waals surface area contributed by atoms with Gasteiger partial charge in [0.25, 0.3) is 0 Å². The first-order valence-electron chi connectivity index (χ1n) is 9.38. The molecule has 1 amide bonds. The Hall–Kier alpha value is -1.63. The number of hydrogen-bond donors (Lipinski definition) is 2. The van der Waals surface area contributed by atoms with Crippen LogP contribution in [0.4, 0.5) is 5.69 Å². The molecule has 1 unspecified atom stereocenters. The Morgan fingerprint density at radius 1 is 1.16 bits per heavy atom. The first kappa shape index (κ1) is 18.2. The number of benzene rings is 1. The van der Waals surface area contributed by atoms with Crippen molar-refractivity contribution in [1.82, 2.24) is 15.1 Å². The predicted octanol–water partition coefficient (Wildman–Crippen LogP) is 0.476. The lowest BCUT2D eigenvalue weighted by Gasteiger charge is -2.41. The lowest BCUT2D eigenvalue weighted by Crippen LogP contribution is -2.61. The van der Waals surface area contributed by atoms with E-state index in [1.165, 1.54) is 5.69 Å². The van der Waals surface area contributed by atoms with Crippen LogP contribution in [0.25, 0.3) is 0 Å². The van der Waals surface area contributed by atoms with Crippen LogP contribution in [0.15, 0.2) is 24.3 Å². The van der Waals surface area contributed by atoms with Crippen molar-refractivity contribution >= 4 is 11.6 Å². The molecule has 0 aromatic heterocycles. The van der Waals surface area contributed by atoms with Crippen molar-refractivity contribution in [3.63, 3.8) is 0 Å². The van der Waals surface area contributed by atoms with E-state index in [1.54, 1.807) is 0 Å². The van der Waals surface area contributed by atoms with Gasteiger partial charge in [0.05, 0.1) is 6.04 Å². The van der Waals surface area contributed by atoms with E-state index in [4.69, 9.17) is 5.73 Å². The standard InChI is InChI=1S/C19H31N5O/c1-15(2)24-8-7-21-18(14-24)19(25)23-11-9-22(10-12-23)17-5-3-16(13-20)4-6-17/h3-6,15,18,21H,7-14,20H2,1-2H3. The first-order chi connectivity index (χ1) is 12.1. The summed E-state index contributed by atoms with van der Waals surface area (Å²) in [5, 5.41) is 3.40. The molecule has 2 aliphatic heterocycles. The lowest BCUT2D eigenvalue weighted by molar-refractivity contribution is -0.135. The summed E-state index contributed by atoms with van der Waals surface area (Å²) in [7, 11) is 0. The number of amides is 1. The topological polar surface area (TPSA) is 64.8 Å². The highest BCUT2D eigenvalue weighted by Gasteiger charge is 2.31. The van der Waals surface area contributed by atoms with E-state index in [0.29, 0.717) is 12.6 Å².